The molecule has 0 aromatic heterocycles. The molecule has 1 rings (SSSR count). The lowest BCUT2D eigenvalue weighted by molar-refractivity contribution is -0.148. The lowest BCUT2D eigenvalue weighted by atomic mass is 9.97. The Bertz CT molecular complexity index is 182. The van der Waals surface area contributed by atoms with Crippen LogP contribution in [0.2, 0.25) is 0 Å². The first-order valence-electron chi connectivity index (χ1n) is 4.24. The van der Waals surface area contributed by atoms with E-state index in [9.17, 15) is 4.79 Å². The minimum atomic E-state index is -0.335. The van der Waals surface area contributed by atoms with Crippen molar-refractivity contribution in [2.75, 3.05) is 13.2 Å². The minimum absolute atomic E-state index is 0.0239. The first kappa shape index (κ1) is 9.48. The second-order valence-electron chi connectivity index (χ2n) is 3.59. The molecule has 0 spiro atoms. The number of aliphatic hydroxyl groups is 1. The second kappa shape index (κ2) is 3.41. The molecule has 2 unspecified atom stereocenters. The van der Waals surface area contributed by atoms with Crippen molar-refractivity contribution in [2.45, 2.75) is 25.9 Å². The van der Waals surface area contributed by atoms with E-state index in [0.717, 1.165) is 0 Å². The van der Waals surface area contributed by atoms with Gasteiger partial charge in [-0.1, -0.05) is 13.8 Å². The molecule has 70 valence electrons. The van der Waals surface area contributed by atoms with Gasteiger partial charge in [0.05, 0.1) is 12.6 Å². The van der Waals surface area contributed by atoms with Gasteiger partial charge in [-0.15, -0.1) is 0 Å². The molecule has 3 N–H and O–H groups in total. The Kier molecular flexibility index (Phi) is 2.69. The summed E-state index contributed by atoms with van der Waals surface area (Å²) in [5.41, 5.74) is 5.43. The lowest BCUT2D eigenvalue weighted by Crippen LogP contribution is -2.65. The average molecular weight is 172 g/mol. The zero-order chi connectivity index (χ0) is 9.30. The monoisotopic (exact) mass is 172 g/mol. The predicted molar refractivity (Wildman–Crippen MR) is 45.4 cm³/mol. The van der Waals surface area contributed by atoms with E-state index in [0.29, 0.717) is 6.54 Å². The molecule has 1 aliphatic rings. The molecule has 0 bridgehead atoms. The highest BCUT2D eigenvalue weighted by Crippen LogP contribution is 2.18. The van der Waals surface area contributed by atoms with Gasteiger partial charge in [0, 0.05) is 6.54 Å². The molecule has 12 heavy (non-hydrogen) atoms. The zero-order valence-corrected chi connectivity index (χ0v) is 7.53. The van der Waals surface area contributed by atoms with E-state index >= 15 is 0 Å². The number of nitrogens with two attached hydrogens (primary N) is 1. The second-order valence-corrected chi connectivity index (χ2v) is 3.59. The molecule has 4 nitrogen and oxygen atoms in total. The third-order valence-corrected chi connectivity index (χ3v) is 2.35. The van der Waals surface area contributed by atoms with E-state index in [4.69, 9.17) is 10.8 Å². The number of rotatable bonds is 3. The Morgan fingerprint density at radius 1 is 1.75 bits per heavy atom. The van der Waals surface area contributed by atoms with Crippen LogP contribution in [0, 0.1) is 5.92 Å². The topological polar surface area (TPSA) is 66.6 Å². The van der Waals surface area contributed by atoms with Gasteiger partial charge in [-0.3, -0.25) is 4.79 Å². The quantitative estimate of drug-likeness (QED) is 0.546. The molecule has 0 aliphatic carbocycles. The van der Waals surface area contributed by atoms with Crippen LogP contribution in [0.3, 0.4) is 0 Å². The number of likely N-dealkylation sites (tertiary alicyclic amines) is 1. The van der Waals surface area contributed by atoms with Gasteiger partial charge in [0.1, 0.15) is 6.04 Å². The minimum Gasteiger partial charge on any atom is -0.394 e. The standard InChI is InChI=1S/C8H16N2O2/c1-5(2)7(4-11)10-3-6(9)8(10)12/h5-7,11H,3-4,9H2,1-2H3. The largest absolute Gasteiger partial charge is 0.394 e. The van der Waals surface area contributed by atoms with Gasteiger partial charge in [0.15, 0.2) is 0 Å². The highest BCUT2D eigenvalue weighted by atomic mass is 16.3. The van der Waals surface area contributed by atoms with Crippen LogP contribution in [0.4, 0.5) is 0 Å². The Balaban J connectivity index is 2.52. The Morgan fingerprint density at radius 2 is 2.33 bits per heavy atom. The van der Waals surface area contributed by atoms with Crippen LogP contribution in [0.1, 0.15) is 13.8 Å². The fourth-order valence-corrected chi connectivity index (χ4v) is 1.45. The van der Waals surface area contributed by atoms with E-state index in [1.54, 1.807) is 4.90 Å². The van der Waals surface area contributed by atoms with Crippen LogP contribution in [-0.4, -0.2) is 41.1 Å². The van der Waals surface area contributed by atoms with Gasteiger partial charge >= 0.3 is 0 Å². The van der Waals surface area contributed by atoms with Crippen LogP contribution in [0.15, 0.2) is 0 Å². The van der Waals surface area contributed by atoms with Gasteiger partial charge in [-0.25, -0.2) is 0 Å². The number of β-lactam (4-membered cyclic amide) rings is 1. The van der Waals surface area contributed by atoms with Crippen molar-refractivity contribution in [2.24, 2.45) is 11.7 Å². The summed E-state index contributed by atoms with van der Waals surface area (Å²) < 4.78 is 0. The molecule has 1 aliphatic heterocycles. The fraction of sp³-hybridized carbons (Fsp3) is 0.875. The third kappa shape index (κ3) is 1.44. The van der Waals surface area contributed by atoms with Crippen LogP contribution in [0.25, 0.3) is 0 Å². The van der Waals surface area contributed by atoms with Crippen molar-refractivity contribution in [3.63, 3.8) is 0 Å². The van der Waals surface area contributed by atoms with Crippen molar-refractivity contribution in [3.8, 4) is 0 Å². The molecular formula is C8H16N2O2. The van der Waals surface area contributed by atoms with Crippen molar-refractivity contribution in [3.05, 3.63) is 0 Å². The van der Waals surface area contributed by atoms with Gasteiger partial charge < -0.3 is 15.7 Å². The number of hydrogen-bond donors (Lipinski definition) is 2. The van der Waals surface area contributed by atoms with Gasteiger partial charge in [0.2, 0.25) is 5.91 Å². The molecule has 0 saturated carbocycles. The van der Waals surface area contributed by atoms with E-state index in [1.165, 1.54) is 0 Å². The summed E-state index contributed by atoms with van der Waals surface area (Å²) in [6.45, 7) is 4.58. The number of carbonyl (C=O) groups is 1. The normalized spacial score (nSPS) is 25.9. The van der Waals surface area contributed by atoms with Gasteiger partial charge in [-0.2, -0.15) is 0 Å². The van der Waals surface area contributed by atoms with Crippen LogP contribution in [-0.2, 0) is 4.79 Å². The molecular weight excluding hydrogens is 156 g/mol. The summed E-state index contributed by atoms with van der Waals surface area (Å²) in [4.78, 5) is 12.8. The summed E-state index contributed by atoms with van der Waals surface area (Å²) in [6.07, 6.45) is 0. The molecule has 1 saturated heterocycles. The fourth-order valence-electron chi connectivity index (χ4n) is 1.45. The molecule has 1 amide bonds. The van der Waals surface area contributed by atoms with Crippen LogP contribution >= 0.6 is 0 Å². The maximum absolute atomic E-state index is 11.2. The lowest BCUT2D eigenvalue weighted by Gasteiger charge is -2.43. The SMILES string of the molecule is CC(C)C(CO)N1CC(N)C1=O. The average Bonchev–Trinajstić information content (AvgIpc) is 2.03. The maximum atomic E-state index is 11.2. The van der Waals surface area contributed by atoms with Gasteiger partial charge in [0.25, 0.3) is 0 Å². The predicted octanol–water partition coefficient (Wildman–Crippen LogP) is -0.827. The highest BCUT2D eigenvalue weighted by molar-refractivity contribution is 5.88. The number of nitrogens with zero attached hydrogens (tertiary/aromatic N) is 1. The highest BCUT2D eigenvalue weighted by Gasteiger charge is 2.38. The number of carbonyl (C=O) groups excluding carboxylic acids is 1. The molecule has 0 radical (unpaired) electrons. The zero-order valence-electron chi connectivity index (χ0n) is 7.53. The molecule has 1 heterocycles. The van der Waals surface area contributed by atoms with E-state index in [1.807, 2.05) is 13.8 Å². The summed E-state index contributed by atoms with van der Waals surface area (Å²) in [5.74, 6) is 0.245. The maximum Gasteiger partial charge on any atom is 0.241 e. The first-order chi connectivity index (χ1) is 5.57. The van der Waals surface area contributed by atoms with Crippen LogP contribution in [0.5, 0.6) is 0 Å². The Labute approximate surface area is 72.3 Å². The summed E-state index contributed by atoms with van der Waals surface area (Å²) in [5, 5.41) is 9.00. The van der Waals surface area contributed by atoms with Crippen molar-refractivity contribution in [1.29, 1.82) is 0 Å². The summed E-state index contributed by atoms with van der Waals surface area (Å²) >= 11 is 0. The molecule has 0 aromatic rings. The number of amides is 1. The van der Waals surface area contributed by atoms with E-state index < -0.39 is 0 Å². The molecule has 0 aromatic carbocycles. The molecule has 4 heteroatoms. The molecule has 1 fully saturated rings. The van der Waals surface area contributed by atoms with E-state index in [2.05, 4.69) is 0 Å². The van der Waals surface area contributed by atoms with E-state index in [-0.39, 0.29) is 30.5 Å². The summed E-state index contributed by atoms with van der Waals surface area (Å²) in [7, 11) is 0. The Morgan fingerprint density at radius 3 is 2.58 bits per heavy atom. The van der Waals surface area contributed by atoms with Crippen molar-refractivity contribution in [1.82, 2.24) is 4.90 Å². The smallest absolute Gasteiger partial charge is 0.241 e. The van der Waals surface area contributed by atoms with Crippen LogP contribution < -0.4 is 5.73 Å². The van der Waals surface area contributed by atoms with Gasteiger partial charge in [-0.05, 0) is 5.92 Å². The Hall–Kier alpha value is -0.610. The summed E-state index contributed by atoms with van der Waals surface area (Å²) in [6, 6.07) is -0.393. The van der Waals surface area contributed by atoms with Crippen molar-refractivity contribution < 1.29 is 9.90 Å². The molecule has 2 atom stereocenters. The van der Waals surface area contributed by atoms with Crippen molar-refractivity contribution >= 4 is 5.91 Å². The number of hydrogen-bond acceptors (Lipinski definition) is 3. The third-order valence-electron chi connectivity index (χ3n) is 2.35. The first-order valence-corrected chi connectivity index (χ1v) is 4.24. The number of aliphatic hydroxyl groups excluding tert-OH is 1.